The van der Waals surface area contributed by atoms with Crippen molar-refractivity contribution in [1.82, 2.24) is 20.2 Å². The van der Waals surface area contributed by atoms with E-state index in [9.17, 15) is 4.79 Å². The Morgan fingerprint density at radius 3 is 3.11 bits per heavy atom. The van der Waals surface area contributed by atoms with Gasteiger partial charge >= 0.3 is 0 Å². The third kappa shape index (κ3) is 4.14. The first-order valence-corrected chi connectivity index (χ1v) is 6.78. The van der Waals surface area contributed by atoms with Gasteiger partial charge in [0.1, 0.15) is 0 Å². The Bertz CT molecular complexity index is 384. The number of nitrogens with zero attached hydrogens (tertiary/aromatic N) is 2. The van der Waals surface area contributed by atoms with Crippen LogP contribution in [0, 0.1) is 0 Å². The summed E-state index contributed by atoms with van der Waals surface area (Å²) in [5.74, 6) is 0.152. The van der Waals surface area contributed by atoms with Crippen LogP contribution in [-0.2, 0) is 17.9 Å². The van der Waals surface area contributed by atoms with E-state index in [1.165, 1.54) is 0 Å². The second kappa shape index (κ2) is 6.54. The number of amides is 1. The Morgan fingerprint density at radius 2 is 2.39 bits per heavy atom. The molecule has 0 radical (unpaired) electrons. The van der Waals surface area contributed by atoms with Gasteiger partial charge in [0.25, 0.3) is 0 Å². The van der Waals surface area contributed by atoms with Gasteiger partial charge in [-0.15, -0.1) is 0 Å². The highest BCUT2D eigenvalue weighted by molar-refractivity contribution is 5.76. The maximum Gasteiger partial charge on any atom is 0.222 e. The molecule has 1 aromatic rings. The van der Waals surface area contributed by atoms with Crippen molar-refractivity contribution in [2.24, 2.45) is 0 Å². The number of aromatic nitrogens is 2. The number of carbonyl (C=O) groups excluding carboxylic acids is 1. The summed E-state index contributed by atoms with van der Waals surface area (Å²) in [4.78, 5) is 15.7. The zero-order chi connectivity index (χ0) is 12.8. The van der Waals surface area contributed by atoms with Crippen LogP contribution in [-0.4, -0.2) is 28.0 Å². The minimum atomic E-state index is 0.152. The zero-order valence-corrected chi connectivity index (χ0v) is 11.0. The molecule has 100 valence electrons. The average Bonchev–Trinajstić information content (AvgIpc) is 3.05. The average molecular weight is 250 g/mol. The van der Waals surface area contributed by atoms with Gasteiger partial charge in [0.05, 0.1) is 12.0 Å². The van der Waals surface area contributed by atoms with Crippen LogP contribution in [0.2, 0.25) is 0 Å². The van der Waals surface area contributed by atoms with E-state index in [-0.39, 0.29) is 5.91 Å². The van der Waals surface area contributed by atoms with E-state index >= 15 is 0 Å². The molecule has 2 rings (SSSR count). The number of hydrogen-bond donors (Lipinski definition) is 2. The van der Waals surface area contributed by atoms with Crippen molar-refractivity contribution < 1.29 is 4.79 Å². The molecule has 0 spiro atoms. The highest BCUT2D eigenvalue weighted by atomic mass is 16.1. The summed E-state index contributed by atoms with van der Waals surface area (Å²) in [5.41, 5.74) is 1.14. The molecule has 0 saturated heterocycles. The second-order valence-corrected chi connectivity index (χ2v) is 4.85. The molecule has 1 aromatic heterocycles. The van der Waals surface area contributed by atoms with E-state index in [1.54, 1.807) is 6.33 Å². The van der Waals surface area contributed by atoms with E-state index in [2.05, 4.69) is 27.1 Å². The molecular formula is C13H22N4O. The maximum absolute atomic E-state index is 11.6. The topological polar surface area (TPSA) is 59.0 Å². The van der Waals surface area contributed by atoms with Crippen LogP contribution >= 0.6 is 0 Å². The second-order valence-electron chi connectivity index (χ2n) is 4.85. The van der Waals surface area contributed by atoms with Crippen LogP contribution < -0.4 is 10.6 Å². The lowest BCUT2D eigenvalue weighted by Gasteiger charge is -2.09. The van der Waals surface area contributed by atoms with E-state index in [1.807, 2.05) is 6.20 Å². The maximum atomic E-state index is 11.6. The summed E-state index contributed by atoms with van der Waals surface area (Å²) >= 11 is 0. The summed E-state index contributed by atoms with van der Waals surface area (Å²) in [6, 6.07) is 0.450. The molecule has 0 unspecified atom stereocenters. The zero-order valence-electron chi connectivity index (χ0n) is 11.0. The lowest BCUT2D eigenvalue weighted by molar-refractivity contribution is -0.121. The largest absolute Gasteiger partial charge is 0.353 e. The van der Waals surface area contributed by atoms with Crippen molar-refractivity contribution >= 4 is 5.91 Å². The molecule has 1 saturated carbocycles. The van der Waals surface area contributed by atoms with Crippen LogP contribution in [0.5, 0.6) is 0 Å². The van der Waals surface area contributed by atoms with E-state index in [0.29, 0.717) is 19.0 Å². The Labute approximate surface area is 108 Å². The van der Waals surface area contributed by atoms with Crippen molar-refractivity contribution in [2.75, 3.05) is 6.54 Å². The minimum Gasteiger partial charge on any atom is -0.353 e. The standard InChI is InChI=1S/C13H22N4O/c1-2-6-14-8-12-9-15-10-17(12)7-5-13(18)16-11-3-4-11/h9-11,14H,2-8H2,1H3,(H,16,18). The fourth-order valence-electron chi connectivity index (χ4n) is 1.84. The van der Waals surface area contributed by atoms with Crippen molar-refractivity contribution in [3.63, 3.8) is 0 Å². The summed E-state index contributed by atoms with van der Waals surface area (Å²) in [7, 11) is 0. The van der Waals surface area contributed by atoms with Gasteiger partial charge in [-0.25, -0.2) is 4.98 Å². The van der Waals surface area contributed by atoms with Crippen molar-refractivity contribution in [2.45, 2.75) is 51.7 Å². The summed E-state index contributed by atoms with van der Waals surface area (Å²) in [5, 5.41) is 6.35. The third-order valence-electron chi connectivity index (χ3n) is 3.05. The number of carbonyl (C=O) groups is 1. The number of nitrogens with one attached hydrogen (secondary N) is 2. The SMILES string of the molecule is CCCNCc1cncn1CCC(=O)NC1CC1. The first kappa shape index (κ1) is 13.1. The van der Waals surface area contributed by atoms with E-state index in [0.717, 1.165) is 38.0 Å². The molecule has 5 heteroatoms. The molecule has 1 heterocycles. The Hall–Kier alpha value is -1.36. The molecular weight excluding hydrogens is 228 g/mol. The molecule has 0 atom stereocenters. The highest BCUT2D eigenvalue weighted by Crippen LogP contribution is 2.18. The van der Waals surface area contributed by atoms with Gasteiger partial charge in [0, 0.05) is 31.7 Å². The van der Waals surface area contributed by atoms with Gasteiger partial charge in [-0.1, -0.05) is 6.92 Å². The lowest BCUT2D eigenvalue weighted by atomic mass is 10.3. The first-order chi connectivity index (χ1) is 8.79. The van der Waals surface area contributed by atoms with Crippen LogP contribution in [0.1, 0.15) is 38.3 Å². The fraction of sp³-hybridized carbons (Fsp3) is 0.692. The molecule has 1 amide bonds. The predicted octanol–water partition coefficient (Wildman–Crippen LogP) is 1.05. The van der Waals surface area contributed by atoms with Crippen LogP contribution in [0.15, 0.2) is 12.5 Å². The molecule has 18 heavy (non-hydrogen) atoms. The number of imidazole rings is 1. The van der Waals surface area contributed by atoms with Gasteiger partial charge in [0.15, 0.2) is 0 Å². The van der Waals surface area contributed by atoms with Crippen LogP contribution in [0.25, 0.3) is 0 Å². The van der Waals surface area contributed by atoms with Crippen molar-refractivity contribution in [3.05, 3.63) is 18.2 Å². The number of rotatable bonds is 8. The van der Waals surface area contributed by atoms with Crippen LogP contribution in [0.4, 0.5) is 0 Å². The van der Waals surface area contributed by atoms with Gasteiger partial charge in [-0.2, -0.15) is 0 Å². The number of hydrogen-bond acceptors (Lipinski definition) is 3. The molecule has 1 aliphatic carbocycles. The quantitative estimate of drug-likeness (QED) is 0.678. The summed E-state index contributed by atoms with van der Waals surface area (Å²) in [6.07, 6.45) is 7.60. The van der Waals surface area contributed by atoms with Crippen molar-refractivity contribution in [1.29, 1.82) is 0 Å². The first-order valence-electron chi connectivity index (χ1n) is 6.78. The van der Waals surface area contributed by atoms with E-state index < -0.39 is 0 Å². The summed E-state index contributed by atoms with van der Waals surface area (Å²) < 4.78 is 2.05. The van der Waals surface area contributed by atoms with Gasteiger partial charge < -0.3 is 15.2 Å². The van der Waals surface area contributed by atoms with Gasteiger partial charge in [-0.3, -0.25) is 4.79 Å². The molecule has 0 aromatic carbocycles. The van der Waals surface area contributed by atoms with Crippen LogP contribution in [0.3, 0.4) is 0 Å². The molecule has 1 fully saturated rings. The molecule has 0 bridgehead atoms. The Morgan fingerprint density at radius 1 is 1.56 bits per heavy atom. The fourth-order valence-corrected chi connectivity index (χ4v) is 1.84. The smallest absolute Gasteiger partial charge is 0.222 e. The summed E-state index contributed by atoms with van der Waals surface area (Å²) in [6.45, 7) is 4.68. The molecule has 1 aliphatic rings. The minimum absolute atomic E-state index is 0.152. The van der Waals surface area contributed by atoms with E-state index in [4.69, 9.17) is 0 Å². The van der Waals surface area contributed by atoms with Gasteiger partial charge in [-0.05, 0) is 25.8 Å². The lowest BCUT2D eigenvalue weighted by Crippen LogP contribution is -2.26. The monoisotopic (exact) mass is 250 g/mol. The Balaban J connectivity index is 1.73. The normalized spacial score (nSPS) is 14.7. The molecule has 0 aliphatic heterocycles. The molecule has 5 nitrogen and oxygen atoms in total. The predicted molar refractivity (Wildman–Crippen MR) is 70.0 cm³/mol. The molecule has 2 N–H and O–H groups in total. The number of aryl methyl sites for hydroxylation is 1. The Kier molecular flexibility index (Phi) is 4.75. The van der Waals surface area contributed by atoms with Gasteiger partial charge in [0.2, 0.25) is 5.91 Å². The highest BCUT2D eigenvalue weighted by Gasteiger charge is 2.22. The van der Waals surface area contributed by atoms with Crippen molar-refractivity contribution in [3.8, 4) is 0 Å². The third-order valence-corrected chi connectivity index (χ3v) is 3.05.